The van der Waals surface area contributed by atoms with Gasteiger partial charge < -0.3 is 9.47 Å². The van der Waals surface area contributed by atoms with Crippen LogP contribution in [0, 0.1) is 0 Å². The van der Waals surface area contributed by atoms with Crippen molar-refractivity contribution in [3.63, 3.8) is 0 Å². The van der Waals surface area contributed by atoms with Gasteiger partial charge in [-0.25, -0.2) is 19.6 Å². The van der Waals surface area contributed by atoms with Crippen LogP contribution in [0.25, 0.3) is 12.2 Å². The van der Waals surface area contributed by atoms with E-state index in [0.29, 0.717) is 11.8 Å². The van der Waals surface area contributed by atoms with Gasteiger partial charge in [0.2, 0.25) is 0 Å². The Hall–Kier alpha value is -3.02. The third-order valence-corrected chi connectivity index (χ3v) is 2.97. The van der Waals surface area contributed by atoms with Crippen molar-refractivity contribution in [3.8, 4) is 0 Å². The average molecular weight is 296 g/mol. The molecular formula is C16H12N2O4. The van der Waals surface area contributed by atoms with Gasteiger partial charge in [-0.3, -0.25) is 0 Å². The van der Waals surface area contributed by atoms with Crippen molar-refractivity contribution in [2.24, 2.45) is 9.98 Å². The highest BCUT2D eigenvalue weighted by atomic mass is 16.6. The second kappa shape index (κ2) is 5.40. The Bertz CT molecular complexity index is 737. The predicted octanol–water partition coefficient (Wildman–Crippen LogP) is 2.32. The van der Waals surface area contributed by atoms with Crippen LogP contribution in [0.3, 0.4) is 0 Å². The van der Waals surface area contributed by atoms with E-state index in [1.54, 1.807) is 26.0 Å². The molecular weight excluding hydrogens is 284 g/mol. The number of cyclic esters (lactones) is 2. The first-order valence-corrected chi connectivity index (χ1v) is 6.60. The fourth-order valence-electron chi connectivity index (χ4n) is 2.09. The lowest BCUT2D eigenvalue weighted by molar-refractivity contribution is -0.130. The Morgan fingerprint density at radius 1 is 0.864 bits per heavy atom. The Labute approximate surface area is 126 Å². The van der Waals surface area contributed by atoms with Crippen LogP contribution in [0.15, 0.2) is 45.6 Å². The normalized spacial score (nSPS) is 21.0. The third kappa shape index (κ3) is 2.85. The zero-order valence-corrected chi connectivity index (χ0v) is 12.0. The summed E-state index contributed by atoms with van der Waals surface area (Å²) >= 11 is 0. The number of nitrogens with zero attached hydrogens (tertiary/aromatic N) is 2. The average Bonchev–Trinajstić information content (AvgIpc) is 2.92. The third-order valence-electron chi connectivity index (χ3n) is 2.97. The van der Waals surface area contributed by atoms with Gasteiger partial charge in [-0.1, -0.05) is 18.2 Å². The minimum Gasteiger partial charge on any atom is -0.407 e. The molecule has 6 heteroatoms. The summed E-state index contributed by atoms with van der Waals surface area (Å²) in [6.45, 7) is 3.23. The van der Waals surface area contributed by atoms with Crippen molar-refractivity contribution in [1.29, 1.82) is 0 Å². The van der Waals surface area contributed by atoms with Gasteiger partial charge in [0, 0.05) is 13.8 Å². The molecule has 0 N–H and O–H groups in total. The van der Waals surface area contributed by atoms with E-state index in [1.807, 2.05) is 24.3 Å². The van der Waals surface area contributed by atoms with E-state index in [-0.39, 0.29) is 11.4 Å². The SMILES string of the molecule is CC1=NC(=Cc2cccc(C=C3N=C(C)OC3=O)c2)C(=O)O1. The summed E-state index contributed by atoms with van der Waals surface area (Å²) in [5, 5.41) is 0. The number of hydrogen-bond acceptors (Lipinski definition) is 6. The molecule has 0 saturated carbocycles. The summed E-state index contributed by atoms with van der Waals surface area (Å²) in [7, 11) is 0. The van der Waals surface area contributed by atoms with E-state index in [0.717, 1.165) is 11.1 Å². The van der Waals surface area contributed by atoms with Gasteiger partial charge in [-0.05, 0) is 29.3 Å². The van der Waals surface area contributed by atoms with E-state index >= 15 is 0 Å². The molecule has 0 aliphatic carbocycles. The van der Waals surface area contributed by atoms with Crippen LogP contribution in [-0.4, -0.2) is 23.7 Å². The zero-order valence-electron chi connectivity index (χ0n) is 12.0. The molecule has 110 valence electrons. The smallest absolute Gasteiger partial charge is 0.363 e. The standard InChI is InChI=1S/C16H12N2O4/c1-9-17-13(15(19)21-9)7-11-4-3-5-12(6-11)8-14-16(20)22-10(2)18-14/h3-8H,1-2H3. The summed E-state index contributed by atoms with van der Waals surface area (Å²) in [5.74, 6) is -0.289. The summed E-state index contributed by atoms with van der Waals surface area (Å²) in [4.78, 5) is 31.1. The van der Waals surface area contributed by atoms with E-state index in [9.17, 15) is 9.59 Å². The number of benzene rings is 1. The maximum absolute atomic E-state index is 11.5. The molecule has 3 rings (SSSR count). The first-order valence-electron chi connectivity index (χ1n) is 6.60. The molecule has 0 unspecified atom stereocenters. The van der Waals surface area contributed by atoms with Crippen LogP contribution in [0.4, 0.5) is 0 Å². The largest absolute Gasteiger partial charge is 0.407 e. The number of ether oxygens (including phenoxy) is 2. The van der Waals surface area contributed by atoms with Gasteiger partial charge in [-0.15, -0.1) is 0 Å². The first-order chi connectivity index (χ1) is 10.5. The van der Waals surface area contributed by atoms with Crippen LogP contribution in [0.1, 0.15) is 25.0 Å². The summed E-state index contributed by atoms with van der Waals surface area (Å²) in [6.07, 6.45) is 3.25. The number of carbonyl (C=O) groups excluding carboxylic acids is 2. The van der Waals surface area contributed by atoms with Crippen molar-refractivity contribution in [2.75, 3.05) is 0 Å². The highest BCUT2D eigenvalue weighted by molar-refractivity contribution is 6.07. The van der Waals surface area contributed by atoms with Crippen molar-refractivity contribution in [3.05, 3.63) is 46.8 Å². The van der Waals surface area contributed by atoms with E-state index in [1.165, 1.54) is 0 Å². The summed E-state index contributed by atoms with van der Waals surface area (Å²) < 4.78 is 9.72. The maximum atomic E-state index is 11.5. The Morgan fingerprint density at radius 3 is 1.68 bits per heavy atom. The minimum absolute atomic E-state index is 0.247. The van der Waals surface area contributed by atoms with Gasteiger partial charge in [-0.2, -0.15) is 0 Å². The zero-order chi connectivity index (χ0) is 15.7. The molecule has 0 bridgehead atoms. The van der Waals surface area contributed by atoms with Crippen LogP contribution in [0.2, 0.25) is 0 Å². The van der Waals surface area contributed by atoms with Crippen LogP contribution >= 0.6 is 0 Å². The molecule has 2 heterocycles. The van der Waals surface area contributed by atoms with Crippen molar-refractivity contribution in [1.82, 2.24) is 0 Å². The molecule has 0 aromatic heterocycles. The highest BCUT2D eigenvalue weighted by Gasteiger charge is 2.20. The number of carbonyl (C=O) groups is 2. The monoisotopic (exact) mass is 296 g/mol. The van der Waals surface area contributed by atoms with E-state index in [2.05, 4.69) is 9.98 Å². The van der Waals surface area contributed by atoms with Crippen LogP contribution < -0.4 is 0 Å². The van der Waals surface area contributed by atoms with Crippen LogP contribution in [-0.2, 0) is 19.1 Å². The maximum Gasteiger partial charge on any atom is 0.363 e. The van der Waals surface area contributed by atoms with Crippen molar-refractivity contribution >= 4 is 35.9 Å². The second-order valence-electron chi connectivity index (χ2n) is 4.77. The van der Waals surface area contributed by atoms with Gasteiger partial charge in [0.1, 0.15) is 0 Å². The van der Waals surface area contributed by atoms with Gasteiger partial charge in [0.05, 0.1) is 0 Å². The molecule has 1 aromatic rings. The fourth-order valence-corrected chi connectivity index (χ4v) is 2.09. The molecule has 0 fully saturated rings. The van der Waals surface area contributed by atoms with Gasteiger partial charge in [0.15, 0.2) is 23.2 Å². The summed E-state index contributed by atoms with van der Waals surface area (Å²) in [6, 6.07) is 7.28. The van der Waals surface area contributed by atoms with Crippen molar-refractivity contribution < 1.29 is 19.1 Å². The lowest BCUT2D eigenvalue weighted by Gasteiger charge is -1.98. The molecule has 0 spiro atoms. The topological polar surface area (TPSA) is 77.3 Å². The van der Waals surface area contributed by atoms with Crippen LogP contribution in [0.5, 0.6) is 0 Å². The lowest BCUT2D eigenvalue weighted by Crippen LogP contribution is -2.00. The van der Waals surface area contributed by atoms with Gasteiger partial charge in [0.25, 0.3) is 0 Å². The summed E-state index contributed by atoms with van der Waals surface area (Å²) in [5.41, 5.74) is 2.03. The molecule has 6 nitrogen and oxygen atoms in total. The molecule has 0 saturated heterocycles. The molecule has 22 heavy (non-hydrogen) atoms. The minimum atomic E-state index is -0.471. The number of rotatable bonds is 2. The molecule has 0 atom stereocenters. The van der Waals surface area contributed by atoms with Gasteiger partial charge >= 0.3 is 11.9 Å². The van der Waals surface area contributed by atoms with E-state index < -0.39 is 11.9 Å². The quantitative estimate of drug-likeness (QED) is 0.620. The molecule has 0 radical (unpaired) electrons. The number of esters is 2. The number of hydrogen-bond donors (Lipinski definition) is 0. The molecule has 2 aliphatic heterocycles. The molecule has 2 aliphatic rings. The fraction of sp³-hybridized carbons (Fsp3) is 0.125. The Kier molecular flexibility index (Phi) is 3.42. The lowest BCUT2D eigenvalue weighted by atomic mass is 10.1. The van der Waals surface area contributed by atoms with E-state index in [4.69, 9.17) is 9.47 Å². The molecule has 0 amide bonds. The predicted molar refractivity (Wildman–Crippen MR) is 80.8 cm³/mol. The molecule has 1 aromatic carbocycles. The highest BCUT2D eigenvalue weighted by Crippen LogP contribution is 2.19. The second-order valence-corrected chi connectivity index (χ2v) is 4.77. The van der Waals surface area contributed by atoms with Crippen molar-refractivity contribution in [2.45, 2.75) is 13.8 Å². The first kappa shape index (κ1) is 13.9. The number of aliphatic imine (C=N–C) groups is 2. The Morgan fingerprint density at radius 2 is 1.32 bits per heavy atom. The Balaban J connectivity index is 1.91.